The predicted octanol–water partition coefficient (Wildman–Crippen LogP) is 2.80. The van der Waals surface area contributed by atoms with E-state index in [2.05, 4.69) is 5.10 Å². The fourth-order valence-electron chi connectivity index (χ4n) is 1.96. The summed E-state index contributed by atoms with van der Waals surface area (Å²) in [6, 6.07) is 5.94. The number of aliphatic hydroxyl groups is 1. The van der Waals surface area contributed by atoms with Gasteiger partial charge in [0.2, 0.25) is 0 Å². The van der Waals surface area contributed by atoms with E-state index >= 15 is 0 Å². The van der Waals surface area contributed by atoms with E-state index < -0.39 is 6.10 Å². The van der Waals surface area contributed by atoms with E-state index in [0.29, 0.717) is 16.3 Å². The van der Waals surface area contributed by atoms with E-state index in [-0.39, 0.29) is 12.2 Å². The number of nitrogens with zero attached hydrogens (tertiary/aromatic N) is 2. The van der Waals surface area contributed by atoms with Crippen LogP contribution in [0.4, 0.5) is 4.39 Å². The minimum atomic E-state index is -0.754. The summed E-state index contributed by atoms with van der Waals surface area (Å²) in [7, 11) is 1.76. The number of halogens is 2. The summed E-state index contributed by atoms with van der Waals surface area (Å²) >= 11 is 5.97. The molecule has 0 aliphatic heterocycles. The highest BCUT2D eigenvalue weighted by atomic mass is 35.5. The Labute approximate surface area is 110 Å². The molecule has 1 heterocycles. The van der Waals surface area contributed by atoms with E-state index in [1.807, 2.05) is 6.92 Å². The van der Waals surface area contributed by atoms with Crippen LogP contribution in [-0.2, 0) is 13.5 Å². The van der Waals surface area contributed by atoms with Crippen molar-refractivity contribution in [3.05, 3.63) is 52.1 Å². The van der Waals surface area contributed by atoms with Gasteiger partial charge in [0.25, 0.3) is 0 Å². The van der Waals surface area contributed by atoms with Crippen LogP contribution >= 0.6 is 11.6 Å². The molecule has 96 valence electrons. The zero-order chi connectivity index (χ0) is 13.3. The van der Waals surface area contributed by atoms with Gasteiger partial charge < -0.3 is 5.11 Å². The van der Waals surface area contributed by atoms with Crippen molar-refractivity contribution in [1.82, 2.24) is 9.78 Å². The first-order valence-electron chi connectivity index (χ1n) is 5.60. The van der Waals surface area contributed by atoms with Crippen LogP contribution in [0.15, 0.2) is 24.3 Å². The third kappa shape index (κ3) is 2.71. The predicted molar refractivity (Wildman–Crippen MR) is 68.0 cm³/mol. The van der Waals surface area contributed by atoms with Crippen molar-refractivity contribution in [2.24, 2.45) is 7.05 Å². The zero-order valence-electron chi connectivity index (χ0n) is 10.2. The molecule has 0 fully saturated rings. The summed E-state index contributed by atoms with van der Waals surface area (Å²) in [4.78, 5) is 0. The first-order chi connectivity index (χ1) is 8.47. The van der Waals surface area contributed by atoms with Gasteiger partial charge in [-0.25, -0.2) is 4.39 Å². The molecule has 0 radical (unpaired) electrons. The quantitative estimate of drug-likeness (QED) is 0.930. The molecule has 1 N–H and O–H groups in total. The summed E-state index contributed by atoms with van der Waals surface area (Å²) < 4.78 is 14.7. The number of aliphatic hydroxyl groups excluding tert-OH is 1. The van der Waals surface area contributed by atoms with Gasteiger partial charge in [0.1, 0.15) is 5.82 Å². The Kier molecular flexibility index (Phi) is 3.68. The summed E-state index contributed by atoms with van der Waals surface area (Å²) in [5.74, 6) is -0.359. The van der Waals surface area contributed by atoms with Crippen molar-refractivity contribution < 1.29 is 9.50 Å². The minimum Gasteiger partial charge on any atom is -0.386 e. The van der Waals surface area contributed by atoms with Crippen molar-refractivity contribution >= 4 is 11.6 Å². The van der Waals surface area contributed by atoms with E-state index in [1.54, 1.807) is 17.8 Å². The fourth-order valence-corrected chi connectivity index (χ4v) is 2.15. The lowest BCUT2D eigenvalue weighted by molar-refractivity contribution is 0.168. The number of aromatic nitrogens is 2. The molecular weight excluding hydrogens is 255 g/mol. The number of hydrogen-bond donors (Lipinski definition) is 1. The van der Waals surface area contributed by atoms with E-state index in [0.717, 1.165) is 5.69 Å². The third-order valence-electron chi connectivity index (χ3n) is 2.80. The van der Waals surface area contributed by atoms with Crippen molar-refractivity contribution in [1.29, 1.82) is 0 Å². The van der Waals surface area contributed by atoms with Crippen LogP contribution < -0.4 is 0 Å². The number of hydrogen-bond acceptors (Lipinski definition) is 2. The van der Waals surface area contributed by atoms with Gasteiger partial charge in [-0.3, -0.25) is 4.68 Å². The maximum Gasteiger partial charge on any atom is 0.123 e. The van der Waals surface area contributed by atoms with E-state index in [1.165, 1.54) is 18.2 Å². The number of benzene rings is 1. The fraction of sp³-hybridized carbons (Fsp3) is 0.308. The molecule has 3 nitrogen and oxygen atoms in total. The van der Waals surface area contributed by atoms with Crippen LogP contribution in [-0.4, -0.2) is 14.9 Å². The molecule has 0 bridgehead atoms. The number of aryl methyl sites for hydroxylation is 2. The second-order valence-corrected chi connectivity index (χ2v) is 4.70. The largest absolute Gasteiger partial charge is 0.386 e. The molecule has 1 unspecified atom stereocenters. The second kappa shape index (κ2) is 5.08. The molecule has 18 heavy (non-hydrogen) atoms. The molecule has 0 saturated heterocycles. The lowest BCUT2D eigenvalue weighted by atomic mass is 10.1. The van der Waals surface area contributed by atoms with Crippen LogP contribution in [0.2, 0.25) is 5.02 Å². The highest BCUT2D eigenvalue weighted by molar-refractivity contribution is 6.31. The van der Waals surface area contributed by atoms with Crippen LogP contribution in [0.5, 0.6) is 0 Å². The van der Waals surface area contributed by atoms with Gasteiger partial charge in [-0.1, -0.05) is 11.6 Å². The monoisotopic (exact) mass is 268 g/mol. The molecule has 0 saturated carbocycles. The topological polar surface area (TPSA) is 38.0 Å². The molecule has 5 heteroatoms. The van der Waals surface area contributed by atoms with Gasteiger partial charge in [0, 0.05) is 18.5 Å². The second-order valence-electron chi connectivity index (χ2n) is 4.29. The van der Waals surface area contributed by atoms with Crippen LogP contribution in [0.1, 0.15) is 23.1 Å². The smallest absolute Gasteiger partial charge is 0.123 e. The molecule has 0 spiro atoms. The number of rotatable bonds is 3. The molecule has 1 atom stereocenters. The summed E-state index contributed by atoms with van der Waals surface area (Å²) in [6.45, 7) is 1.85. The maximum absolute atomic E-state index is 13.1. The molecule has 2 aromatic rings. The Morgan fingerprint density at radius 3 is 2.78 bits per heavy atom. The molecular formula is C13H14ClFN2O. The van der Waals surface area contributed by atoms with Gasteiger partial charge in [-0.05, 0) is 36.8 Å². The third-order valence-corrected chi connectivity index (χ3v) is 3.17. The summed E-state index contributed by atoms with van der Waals surface area (Å²) in [6.07, 6.45) is -0.495. The Morgan fingerprint density at radius 1 is 1.44 bits per heavy atom. The van der Waals surface area contributed by atoms with Crippen LogP contribution in [0.3, 0.4) is 0 Å². The SMILES string of the molecule is Cc1cc(C(O)Cc2cc(F)ccc2Cl)n(C)n1. The first kappa shape index (κ1) is 13.1. The van der Waals surface area contributed by atoms with E-state index in [9.17, 15) is 9.50 Å². The average molecular weight is 269 g/mol. The average Bonchev–Trinajstić information content (AvgIpc) is 2.63. The molecule has 0 aliphatic carbocycles. The van der Waals surface area contributed by atoms with Crippen molar-refractivity contribution in [3.63, 3.8) is 0 Å². The van der Waals surface area contributed by atoms with Crippen molar-refractivity contribution in [3.8, 4) is 0 Å². The van der Waals surface area contributed by atoms with Crippen molar-refractivity contribution in [2.45, 2.75) is 19.4 Å². The first-order valence-corrected chi connectivity index (χ1v) is 5.97. The van der Waals surface area contributed by atoms with Gasteiger partial charge in [-0.15, -0.1) is 0 Å². The Morgan fingerprint density at radius 2 is 2.17 bits per heavy atom. The van der Waals surface area contributed by atoms with E-state index in [4.69, 9.17) is 11.6 Å². The van der Waals surface area contributed by atoms with Gasteiger partial charge >= 0.3 is 0 Å². The normalized spacial score (nSPS) is 12.7. The molecule has 1 aromatic heterocycles. The van der Waals surface area contributed by atoms with Crippen LogP contribution in [0.25, 0.3) is 0 Å². The lowest BCUT2D eigenvalue weighted by Crippen LogP contribution is -2.08. The zero-order valence-corrected chi connectivity index (χ0v) is 10.9. The Bertz CT molecular complexity index is 568. The standard InChI is InChI=1S/C13H14ClFN2O/c1-8-5-12(17(2)16-8)13(18)7-9-6-10(15)3-4-11(9)14/h3-6,13,18H,7H2,1-2H3. The van der Waals surface area contributed by atoms with Crippen molar-refractivity contribution in [2.75, 3.05) is 0 Å². The van der Waals surface area contributed by atoms with Gasteiger partial charge in [-0.2, -0.15) is 5.10 Å². The molecule has 0 aliphatic rings. The highest BCUT2D eigenvalue weighted by Crippen LogP contribution is 2.24. The van der Waals surface area contributed by atoms with Gasteiger partial charge in [0.15, 0.2) is 0 Å². The molecule has 1 aromatic carbocycles. The van der Waals surface area contributed by atoms with Crippen LogP contribution in [0, 0.1) is 12.7 Å². The summed E-state index contributed by atoms with van der Waals surface area (Å²) in [5.41, 5.74) is 2.10. The summed E-state index contributed by atoms with van der Waals surface area (Å²) in [5, 5.41) is 14.8. The Hall–Kier alpha value is -1.39. The Balaban J connectivity index is 2.23. The van der Waals surface area contributed by atoms with Gasteiger partial charge in [0.05, 0.1) is 17.5 Å². The maximum atomic E-state index is 13.1. The highest BCUT2D eigenvalue weighted by Gasteiger charge is 2.15. The molecule has 0 amide bonds. The molecule has 2 rings (SSSR count). The lowest BCUT2D eigenvalue weighted by Gasteiger charge is -2.12. The minimum absolute atomic E-state index is 0.259.